The van der Waals surface area contributed by atoms with E-state index in [9.17, 15) is 14.3 Å². The highest BCUT2D eigenvalue weighted by Crippen LogP contribution is 2.39. The smallest absolute Gasteiger partial charge is 0.326 e. The number of urea groups is 1. The van der Waals surface area contributed by atoms with Gasteiger partial charge in [0.15, 0.2) is 0 Å². The molecule has 36 heavy (non-hydrogen) atoms. The van der Waals surface area contributed by atoms with E-state index in [0.717, 1.165) is 22.5 Å². The Morgan fingerprint density at radius 2 is 2.00 bits per heavy atom. The second-order valence-electron chi connectivity index (χ2n) is 9.15. The summed E-state index contributed by atoms with van der Waals surface area (Å²) in [7, 11) is 3.34. The number of aromatic nitrogens is 2. The third-order valence-electron chi connectivity index (χ3n) is 6.82. The Kier molecular flexibility index (Phi) is 6.09. The fraction of sp³-hybridized carbons (Fsp3) is 0.296. The van der Waals surface area contributed by atoms with Crippen molar-refractivity contribution in [1.82, 2.24) is 19.4 Å². The average molecular weight is 490 g/mol. The first-order valence-electron chi connectivity index (χ1n) is 11.7. The van der Waals surface area contributed by atoms with Crippen molar-refractivity contribution in [2.75, 3.05) is 33.9 Å². The van der Waals surface area contributed by atoms with E-state index in [4.69, 9.17) is 9.73 Å². The van der Waals surface area contributed by atoms with Crippen LogP contribution < -0.4 is 4.74 Å². The Labute approximate surface area is 209 Å². The molecule has 0 bridgehead atoms. The third-order valence-corrected chi connectivity index (χ3v) is 6.82. The minimum atomic E-state index is -1.03. The molecule has 8 nitrogen and oxygen atoms in total. The van der Waals surface area contributed by atoms with E-state index in [0.29, 0.717) is 36.7 Å². The van der Waals surface area contributed by atoms with Gasteiger partial charge in [0.2, 0.25) is 0 Å². The molecule has 2 aromatic carbocycles. The van der Waals surface area contributed by atoms with Gasteiger partial charge < -0.3 is 19.3 Å². The van der Waals surface area contributed by atoms with Gasteiger partial charge in [-0.2, -0.15) is 0 Å². The molecule has 186 valence electrons. The minimum Gasteiger partial charge on any atom is -0.495 e. The van der Waals surface area contributed by atoms with Crippen molar-refractivity contribution < 1.29 is 19.0 Å². The van der Waals surface area contributed by atoms with Crippen LogP contribution in [-0.2, 0) is 5.54 Å². The van der Waals surface area contributed by atoms with Gasteiger partial charge in [-0.15, -0.1) is 0 Å². The number of methoxy groups -OCH3 is 1. The van der Waals surface area contributed by atoms with Crippen LogP contribution >= 0.6 is 0 Å². The zero-order chi connectivity index (χ0) is 25.4. The number of aliphatic hydroxyl groups excluding tert-OH is 1. The fourth-order valence-electron chi connectivity index (χ4n) is 4.95. The molecule has 1 fully saturated rings. The Morgan fingerprint density at radius 1 is 1.22 bits per heavy atom. The number of fused-ring (bicyclic) bond motifs is 1. The zero-order valence-corrected chi connectivity index (χ0v) is 20.5. The average Bonchev–Trinajstić information content (AvgIpc) is 3.32. The molecule has 0 spiro atoms. The van der Waals surface area contributed by atoms with E-state index in [-0.39, 0.29) is 18.5 Å². The van der Waals surface area contributed by atoms with Crippen LogP contribution in [0, 0.1) is 12.7 Å². The van der Waals surface area contributed by atoms with Gasteiger partial charge in [-0.3, -0.25) is 9.89 Å². The largest absolute Gasteiger partial charge is 0.495 e. The number of nitrogens with zero attached hydrogens (tertiary/aromatic N) is 5. The zero-order valence-electron chi connectivity index (χ0n) is 20.5. The van der Waals surface area contributed by atoms with Crippen molar-refractivity contribution in [3.05, 3.63) is 83.2 Å². The summed E-state index contributed by atoms with van der Waals surface area (Å²) in [6, 6.07) is 11.6. The number of imidazole rings is 1. The topological polar surface area (TPSA) is 83.2 Å². The number of likely N-dealkylation sites (N-methyl/N-ethyl adjacent to an activating group) is 1. The SMILES string of the molecule is COc1cc(/C=C2\CN(C)C(=O)N3C2=NCCC3(CO)c2ccc(F)cc2)ccc1-n1cnc(C)c1. The van der Waals surface area contributed by atoms with Crippen LogP contribution in [0.3, 0.4) is 0 Å². The summed E-state index contributed by atoms with van der Waals surface area (Å²) in [5.41, 5.74) is 3.13. The Hall–Kier alpha value is -3.98. The van der Waals surface area contributed by atoms with Crippen LogP contribution in [0.2, 0.25) is 0 Å². The number of aliphatic imine (C=N–C) groups is 1. The molecule has 1 saturated heterocycles. The van der Waals surface area contributed by atoms with Crippen LogP contribution in [0.5, 0.6) is 5.75 Å². The number of carbonyl (C=O) groups excluding carboxylic acids is 1. The van der Waals surface area contributed by atoms with Crippen LogP contribution in [0.4, 0.5) is 9.18 Å². The lowest BCUT2D eigenvalue weighted by Gasteiger charge is -2.50. The van der Waals surface area contributed by atoms with E-state index in [1.165, 1.54) is 12.1 Å². The van der Waals surface area contributed by atoms with Crippen molar-refractivity contribution in [2.24, 2.45) is 4.99 Å². The summed E-state index contributed by atoms with van der Waals surface area (Å²) >= 11 is 0. The highest BCUT2D eigenvalue weighted by Gasteiger charge is 2.49. The van der Waals surface area contributed by atoms with Crippen molar-refractivity contribution in [3.8, 4) is 11.4 Å². The molecule has 3 aromatic rings. The van der Waals surface area contributed by atoms with Gasteiger partial charge >= 0.3 is 6.03 Å². The number of benzene rings is 2. The summed E-state index contributed by atoms with van der Waals surface area (Å²) in [5.74, 6) is 0.832. The molecule has 9 heteroatoms. The molecular formula is C27H28FN5O3. The summed E-state index contributed by atoms with van der Waals surface area (Å²) < 4.78 is 21.2. The molecule has 0 saturated carbocycles. The van der Waals surface area contributed by atoms with Crippen LogP contribution in [0.15, 0.2) is 65.6 Å². The van der Waals surface area contributed by atoms with E-state index in [2.05, 4.69) is 4.98 Å². The summed E-state index contributed by atoms with van der Waals surface area (Å²) in [6.45, 7) is 2.42. The highest BCUT2D eigenvalue weighted by atomic mass is 19.1. The Morgan fingerprint density at radius 3 is 2.67 bits per heavy atom. The quantitative estimate of drug-likeness (QED) is 0.592. The summed E-state index contributed by atoms with van der Waals surface area (Å²) in [6.07, 6.45) is 6.08. The number of rotatable bonds is 5. The molecule has 1 N–H and O–H groups in total. The lowest BCUT2D eigenvalue weighted by atomic mass is 9.82. The number of amidine groups is 1. The number of halogens is 1. The number of hydrogen-bond acceptors (Lipinski definition) is 5. The number of amides is 2. The molecule has 5 rings (SSSR count). The first-order chi connectivity index (χ1) is 17.4. The number of hydrogen-bond donors (Lipinski definition) is 1. The molecular weight excluding hydrogens is 461 g/mol. The van der Waals surface area contributed by atoms with E-state index >= 15 is 0 Å². The van der Waals surface area contributed by atoms with Crippen LogP contribution in [0.25, 0.3) is 11.8 Å². The molecule has 2 aliphatic rings. The second-order valence-corrected chi connectivity index (χ2v) is 9.15. The van der Waals surface area contributed by atoms with Crippen molar-refractivity contribution in [3.63, 3.8) is 0 Å². The number of ether oxygens (including phenoxy) is 1. The highest BCUT2D eigenvalue weighted by molar-refractivity contribution is 6.13. The van der Waals surface area contributed by atoms with E-state index in [1.807, 2.05) is 42.0 Å². The molecule has 0 radical (unpaired) electrons. The lowest BCUT2D eigenvalue weighted by Crippen LogP contribution is -2.63. The maximum atomic E-state index is 13.7. The van der Waals surface area contributed by atoms with Crippen LogP contribution in [0.1, 0.15) is 23.2 Å². The van der Waals surface area contributed by atoms with Gasteiger partial charge in [-0.25, -0.2) is 14.2 Å². The van der Waals surface area contributed by atoms with Gasteiger partial charge in [0.1, 0.15) is 22.9 Å². The van der Waals surface area contributed by atoms with E-state index in [1.54, 1.807) is 42.4 Å². The molecule has 1 unspecified atom stereocenters. The van der Waals surface area contributed by atoms with Gasteiger partial charge in [0.25, 0.3) is 0 Å². The lowest BCUT2D eigenvalue weighted by molar-refractivity contribution is 0.0670. The maximum Gasteiger partial charge on any atom is 0.326 e. The van der Waals surface area contributed by atoms with E-state index < -0.39 is 5.54 Å². The third kappa shape index (κ3) is 3.95. The molecule has 0 aliphatic carbocycles. The minimum absolute atomic E-state index is 0.257. The van der Waals surface area contributed by atoms with Gasteiger partial charge in [0, 0.05) is 25.4 Å². The van der Waals surface area contributed by atoms with Crippen molar-refractivity contribution in [1.29, 1.82) is 0 Å². The molecule has 1 atom stereocenters. The Bertz CT molecular complexity index is 1360. The number of aryl methyl sites for hydroxylation is 1. The van der Waals surface area contributed by atoms with Crippen molar-refractivity contribution in [2.45, 2.75) is 18.9 Å². The first kappa shape index (κ1) is 23.7. The first-order valence-corrected chi connectivity index (χ1v) is 11.7. The maximum absolute atomic E-state index is 13.7. The monoisotopic (exact) mass is 489 g/mol. The second kappa shape index (κ2) is 9.23. The summed E-state index contributed by atoms with van der Waals surface area (Å²) in [4.78, 5) is 25.6. The van der Waals surface area contributed by atoms with Gasteiger partial charge in [0.05, 0.1) is 38.0 Å². The molecule has 2 aliphatic heterocycles. The summed E-state index contributed by atoms with van der Waals surface area (Å²) in [5, 5.41) is 10.6. The number of carbonyl (C=O) groups is 1. The van der Waals surface area contributed by atoms with Crippen LogP contribution in [-0.4, -0.2) is 70.2 Å². The molecule has 2 amide bonds. The predicted octanol–water partition coefficient (Wildman–Crippen LogP) is 3.77. The fourth-order valence-corrected chi connectivity index (χ4v) is 4.95. The normalized spacial score (nSPS) is 21.0. The standard InChI is InChI=1S/C27H28FN5O3/c1-18-14-32(17-30-18)23-9-4-19(13-24(23)36-3)12-20-15-31(2)26(35)33-25(20)29-11-10-27(33,16-34)21-5-7-22(28)8-6-21/h4-9,12-14,17,34H,10-11,15-16H2,1-3H3/b20-12+. The molecule has 3 heterocycles. The van der Waals surface area contributed by atoms with Gasteiger partial charge in [-0.1, -0.05) is 18.2 Å². The predicted molar refractivity (Wildman–Crippen MR) is 135 cm³/mol. The Balaban J connectivity index is 1.56. The van der Waals surface area contributed by atoms with Gasteiger partial charge in [-0.05, 0) is 54.8 Å². The molecule has 1 aromatic heterocycles. The number of aliphatic hydroxyl groups is 1. The van der Waals surface area contributed by atoms with Crippen molar-refractivity contribution >= 4 is 17.9 Å².